The van der Waals surface area contributed by atoms with Crippen LogP contribution in [0, 0.1) is 0 Å². The third kappa shape index (κ3) is 2.57. The Kier molecular flexibility index (Phi) is 3.51. The van der Waals surface area contributed by atoms with Crippen molar-refractivity contribution in [1.29, 1.82) is 0 Å². The van der Waals surface area contributed by atoms with Gasteiger partial charge in [-0.05, 0) is 47.1 Å². The van der Waals surface area contributed by atoms with Gasteiger partial charge in [0.25, 0.3) is 0 Å². The summed E-state index contributed by atoms with van der Waals surface area (Å²) in [6.45, 7) is 2.06. The maximum Gasteiger partial charge on any atom is 0.0651 e. The van der Waals surface area contributed by atoms with Crippen molar-refractivity contribution in [1.82, 2.24) is 10.2 Å². The van der Waals surface area contributed by atoms with Crippen LogP contribution in [0.15, 0.2) is 34.9 Å². The van der Waals surface area contributed by atoms with E-state index < -0.39 is 0 Å². The SMILES string of the molecule is CC(Nc1cc(Cl)ccc1Br)c1ccn[nH]1. The van der Waals surface area contributed by atoms with Gasteiger partial charge in [0.2, 0.25) is 0 Å². The van der Waals surface area contributed by atoms with Gasteiger partial charge in [-0.1, -0.05) is 11.6 Å². The molecular weight excluding hydrogens is 289 g/mol. The van der Waals surface area contributed by atoms with Crippen molar-refractivity contribution in [3.63, 3.8) is 0 Å². The summed E-state index contributed by atoms with van der Waals surface area (Å²) >= 11 is 9.42. The zero-order valence-corrected chi connectivity index (χ0v) is 11.0. The van der Waals surface area contributed by atoms with Gasteiger partial charge in [0.15, 0.2) is 0 Å². The van der Waals surface area contributed by atoms with Gasteiger partial charge in [-0.3, -0.25) is 5.10 Å². The third-order valence-corrected chi connectivity index (χ3v) is 3.22. The molecule has 0 spiro atoms. The van der Waals surface area contributed by atoms with Gasteiger partial charge in [0.05, 0.1) is 17.4 Å². The van der Waals surface area contributed by atoms with Crippen LogP contribution >= 0.6 is 27.5 Å². The Morgan fingerprint density at radius 1 is 1.44 bits per heavy atom. The Morgan fingerprint density at radius 3 is 2.94 bits per heavy atom. The molecular formula is C11H11BrClN3. The van der Waals surface area contributed by atoms with E-state index in [0.717, 1.165) is 15.9 Å². The molecule has 1 atom stereocenters. The molecule has 2 aromatic rings. The molecule has 0 aliphatic heterocycles. The van der Waals surface area contributed by atoms with Crippen LogP contribution in [0.5, 0.6) is 0 Å². The Balaban J connectivity index is 2.17. The average molecular weight is 301 g/mol. The summed E-state index contributed by atoms with van der Waals surface area (Å²) in [5.41, 5.74) is 2.00. The average Bonchev–Trinajstić information content (AvgIpc) is 2.76. The molecule has 0 aliphatic rings. The van der Waals surface area contributed by atoms with E-state index >= 15 is 0 Å². The minimum atomic E-state index is 0.150. The number of hydrogen-bond donors (Lipinski definition) is 2. The quantitative estimate of drug-likeness (QED) is 0.899. The molecule has 0 radical (unpaired) electrons. The summed E-state index contributed by atoms with van der Waals surface area (Å²) in [5.74, 6) is 0. The molecule has 0 fully saturated rings. The first-order valence-electron chi connectivity index (χ1n) is 4.87. The van der Waals surface area contributed by atoms with Gasteiger partial charge in [-0.2, -0.15) is 5.10 Å². The Labute approximate surface area is 107 Å². The number of hydrogen-bond acceptors (Lipinski definition) is 2. The van der Waals surface area contributed by atoms with Gasteiger partial charge in [0.1, 0.15) is 0 Å². The summed E-state index contributed by atoms with van der Waals surface area (Å²) in [6, 6.07) is 7.74. The van der Waals surface area contributed by atoms with Crippen LogP contribution in [0.25, 0.3) is 0 Å². The van der Waals surface area contributed by atoms with Gasteiger partial charge < -0.3 is 5.32 Å². The number of anilines is 1. The molecule has 1 aromatic carbocycles. The maximum absolute atomic E-state index is 5.94. The molecule has 1 unspecified atom stereocenters. The fraction of sp³-hybridized carbons (Fsp3) is 0.182. The lowest BCUT2D eigenvalue weighted by Crippen LogP contribution is -2.07. The molecule has 0 saturated carbocycles. The van der Waals surface area contributed by atoms with E-state index in [1.807, 2.05) is 24.3 Å². The summed E-state index contributed by atoms with van der Waals surface area (Å²) in [6.07, 6.45) is 1.74. The highest BCUT2D eigenvalue weighted by molar-refractivity contribution is 9.10. The molecule has 2 rings (SSSR count). The van der Waals surface area contributed by atoms with Gasteiger partial charge in [-0.25, -0.2) is 0 Å². The van der Waals surface area contributed by atoms with E-state index in [0.29, 0.717) is 5.02 Å². The van der Waals surface area contributed by atoms with Crippen LogP contribution in [0.3, 0.4) is 0 Å². The summed E-state index contributed by atoms with van der Waals surface area (Å²) < 4.78 is 0.989. The molecule has 16 heavy (non-hydrogen) atoms. The molecule has 5 heteroatoms. The van der Waals surface area contributed by atoms with E-state index in [1.54, 1.807) is 6.20 Å². The normalized spacial score (nSPS) is 12.4. The monoisotopic (exact) mass is 299 g/mol. The summed E-state index contributed by atoms with van der Waals surface area (Å²) in [7, 11) is 0. The van der Waals surface area contributed by atoms with Crippen molar-refractivity contribution in [2.75, 3.05) is 5.32 Å². The highest BCUT2D eigenvalue weighted by Crippen LogP contribution is 2.28. The number of nitrogens with one attached hydrogen (secondary N) is 2. The minimum Gasteiger partial charge on any atom is -0.376 e. The molecule has 1 heterocycles. The van der Waals surface area contributed by atoms with Crippen LogP contribution in [-0.2, 0) is 0 Å². The van der Waals surface area contributed by atoms with Crippen LogP contribution in [0.4, 0.5) is 5.69 Å². The van der Waals surface area contributed by atoms with Crippen molar-refractivity contribution in [3.8, 4) is 0 Å². The zero-order chi connectivity index (χ0) is 11.5. The summed E-state index contributed by atoms with van der Waals surface area (Å²) in [5, 5.41) is 10.9. The smallest absolute Gasteiger partial charge is 0.0651 e. The highest BCUT2D eigenvalue weighted by Gasteiger charge is 2.08. The molecule has 2 N–H and O–H groups in total. The first-order valence-corrected chi connectivity index (χ1v) is 6.05. The first kappa shape index (κ1) is 11.5. The standard InChI is InChI=1S/C11H11BrClN3/c1-7(10-4-5-14-16-10)15-11-6-8(13)2-3-9(11)12/h2-7,15H,1H3,(H,14,16). The minimum absolute atomic E-state index is 0.150. The van der Waals surface area contributed by atoms with Crippen molar-refractivity contribution < 1.29 is 0 Å². The van der Waals surface area contributed by atoms with Crippen molar-refractivity contribution in [2.45, 2.75) is 13.0 Å². The zero-order valence-electron chi connectivity index (χ0n) is 8.67. The van der Waals surface area contributed by atoms with E-state index in [2.05, 4.69) is 38.4 Å². The molecule has 3 nitrogen and oxygen atoms in total. The molecule has 0 aliphatic carbocycles. The van der Waals surface area contributed by atoms with Gasteiger partial charge in [0, 0.05) is 15.7 Å². The highest BCUT2D eigenvalue weighted by atomic mass is 79.9. The number of benzene rings is 1. The second kappa shape index (κ2) is 4.89. The lowest BCUT2D eigenvalue weighted by Gasteiger charge is -2.15. The van der Waals surface area contributed by atoms with Crippen LogP contribution < -0.4 is 5.32 Å². The van der Waals surface area contributed by atoms with E-state index in [1.165, 1.54) is 0 Å². The molecule has 1 aromatic heterocycles. The fourth-order valence-electron chi connectivity index (χ4n) is 1.43. The number of nitrogens with zero attached hydrogens (tertiary/aromatic N) is 1. The topological polar surface area (TPSA) is 40.7 Å². The van der Waals surface area contributed by atoms with Crippen LogP contribution in [0.2, 0.25) is 5.02 Å². The molecule has 0 saturated heterocycles. The largest absolute Gasteiger partial charge is 0.376 e. The number of aromatic nitrogens is 2. The lowest BCUT2D eigenvalue weighted by atomic mass is 10.2. The first-order chi connectivity index (χ1) is 7.66. The van der Waals surface area contributed by atoms with Gasteiger partial charge >= 0.3 is 0 Å². The van der Waals surface area contributed by atoms with Crippen LogP contribution in [-0.4, -0.2) is 10.2 Å². The number of H-pyrrole nitrogens is 1. The van der Waals surface area contributed by atoms with Gasteiger partial charge in [-0.15, -0.1) is 0 Å². The predicted molar refractivity (Wildman–Crippen MR) is 69.8 cm³/mol. The van der Waals surface area contributed by atoms with E-state index in [4.69, 9.17) is 11.6 Å². The van der Waals surface area contributed by atoms with Crippen LogP contribution in [0.1, 0.15) is 18.7 Å². The second-order valence-electron chi connectivity index (χ2n) is 3.50. The van der Waals surface area contributed by atoms with Crippen molar-refractivity contribution in [2.24, 2.45) is 0 Å². The van der Waals surface area contributed by atoms with Crippen molar-refractivity contribution in [3.05, 3.63) is 45.7 Å². The van der Waals surface area contributed by atoms with E-state index in [-0.39, 0.29) is 6.04 Å². The fourth-order valence-corrected chi connectivity index (χ4v) is 1.96. The number of halogens is 2. The second-order valence-corrected chi connectivity index (χ2v) is 4.79. The Morgan fingerprint density at radius 2 is 2.25 bits per heavy atom. The summed E-state index contributed by atoms with van der Waals surface area (Å²) in [4.78, 5) is 0. The molecule has 84 valence electrons. The van der Waals surface area contributed by atoms with E-state index in [9.17, 15) is 0 Å². The molecule has 0 bridgehead atoms. The Hall–Kier alpha value is -1.00. The lowest BCUT2D eigenvalue weighted by molar-refractivity contribution is 0.825. The predicted octanol–water partition coefficient (Wildman–Crippen LogP) is 4.00. The number of rotatable bonds is 3. The number of aromatic amines is 1. The third-order valence-electron chi connectivity index (χ3n) is 2.29. The maximum atomic E-state index is 5.94. The molecule has 0 amide bonds. The Bertz CT molecular complexity index is 470. The van der Waals surface area contributed by atoms with Crippen molar-refractivity contribution >= 4 is 33.2 Å².